The summed E-state index contributed by atoms with van der Waals surface area (Å²) in [6, 6.07) is -0.458. The van der Waals surface area contributed by atoms with Gasteiger partial charge >= 0.3 is 0 Å². The van der Waals surface area contributed by atoms with Crippen molar-refractivity contribution in [1.82, 2.24) is 0 Å². The number of hydrogen-bond acceptors (Lipinski definition) is 3. The second kappa shape index (κ2) is 4.46. The summed E-state index contributed by atoms with van der Waals surface area (Å²) in [6.07, 6.45) is 2.24. The Labute approximate surface area is 47.9 Å². The molecule has 0 rings (SSSR count). The summed E-state index contributed by atoms with van der Waals surface area (Å²) in [5, 5.41) is 0. The number of carbonyl (C=O) groups excluding carboxylic acids is 2. The van der Waals surface area contributed by atoms with Gasteiger partial charge in [-0.1, -0.05) is 0 Å². The maximum absolute atomic E-state index is 9.77. The molecule has 1 atom stereocenters. The first-order chi connectivity index (χ1) is 3.81. The molecule has 0 heterocycles. The van der Waals surface area contributed by atoms with Crippen LogP contribution in [0.2, 0.25) is 0 Å². The molecule has 0 aliphatic rings. The van der Waals surface area contributed by atoms with Gasteiger partial charge in [0, 0.05) is 6.42 Å². The van der Waals surface area contributed by atoms with Gasteiger partial charge in [0.05, 0.1) is 6.04 Å². The van der Waals surface area contributed by atoms with E-state index in [1.165, 1.54) is 0 Å². The normalized spacial score (nSPS) is 12.6. The molecule has 0 fully saturated rings. The molecule has 0 radical (unpaired) electrons. The smallest absolute Gasteiger partial charge is 0.136 e. The van der Waals surface area contributed by atoms with E-state index in [4.69, 9.17) is 5.73 Å². The molecule has 0 aliphatic carbocycles. The average Bonchev–Trinajstić information content (AvgIpc) is 1.83. The van der Waals surface area contributed by atoms with E-state index in [-0.39, 0.29) is 0 Å². The Balaban J connectivity index is 3.09. The molecule has 8 heavy (non-hydrogen) atoms. The molecule has 0 unspecified atom stereocenters. The van der Waals surface area contributed by atoms with Crippen LogP contribution in [0.1, 0.15) is 12.8 Å². The largest absolute Gasteiger partial charge is 0.322 e. The van der Waals surface area contributed by atoms with E-state index in [0.717, 1.165) is 6.29 Å². The molecule has 0 bridgehead atoms. The van der Waals surface area contributed by atoms with Gasteiger partial charge in [0.1, 0.15) is 12.6 Å². The van der Waals surface area contributed by atoms with Crippen LogP contribution >= 0.6 is 0 Å². The van der Waals surface area contributed by atoms with Crippen LogP contribution in [0.5, 0.6) is 0 Å². The lowest BCUT2D eigenvalue weighted by Crippen LogP contribution is -2.20. The van der Waals surface area contributed by atoms with E-state index in [1.807, 2.05) is 0 Å². The Morgan fingerprint density at radius 2 is 2.12 bits per heavy atom. The van der Waals surface area contributed by atoms with Crippen molar-refractivity contribution in [3.8, 4) is 0 Å². The van der Waals surface area contributed by atoms with Gasteiger partial charge in [0.15, 0.2) is 0 Å². The third-order valence-corrected chi connectivity index (χ3v) is 0.793. The highest BCUT2D eigenvalue weighted by molar-refractivity contribution is 5.58. The third-order valence-electron chi connectivity index (χ3n) is 0.793. The van der Waals surface area contributed by atoms with Crippen molar-refractivity contribution >= 4 is 12.6 Å². The molecule has 0 spiro atoms. The van der Waals surface area contributed by atoms with Crippen LogP contribution in [-0.4, -0.2) is 18.6 Å². The van der Waals surface area contributed by atoms with Crippen molar-refractivity contribution in [2.75, 3.05) is 0 Å². The summed E-state index contributed by atoms with van der Waals surface area (Å²) in [4.78, 5) is 19.4. The van der Waals surface area contributed by atoms with Crippen LogP contribution in [0, 0.1) is 0 Å². The predicted molar refractivity (Wildman–Crippen MR) is 29.3 cm³/mol. The monoisotopic (exact) mass is 115 g/mol. The molecular formula is C5H9NO2. The second-order valence-electron chi connectivity index (χ2n) is 1.54. The summed E-state index contributed by atoms with van der Waals surface area (Å²) in [6.45, 7) is 0. The Bertz CT molecular complexity index is 82.5. The highest BCUT2D eigenvalue weighted by atomic mass is 16.1. The van der Waals surface area contributed by atoms with Crippen molar-refractivity contribution in [3.05, 3.63) is 0 Å². The van der Waals surface area contributed by atoms with Gasteiger partial charge in [-0.2, -0.15) is 0 Å². The lowest BCUT2D eigenvalue weighted by molar-refractivity contribution is -0.109. The van der Waals surface area contributed by atoms with Gasteiger partial charge in [-0.25, -0.2) is 0 Å². The van der Waals surface area contributed by atoms with Crippen LogP contribution in [0.15, 0.2) is 0 Å². The molecule has 0 aromatic rings. The molecular weight excluding hydrogens is 106 g/mol. The Kier molecular flexibility index (Phi) is 4.07. The van der Waals surface area contributed by atoms with Gasteiger partial charge < -0.3 is 15.3 Å². The van der Waals surface area contributed by atoms with Crippen LogP contribution in [-0.2, 0) is 9.59 Å². The fraction of sp³-hybridized carbons (Fsp3) is 0.600. The number of carbonyl (C=O) groups is 2. The molecule has 2 N–H and O–H groups in total. The second-order valence-corrected chi connectivity index (χ2v) is 1.54. The summed E-state index contributed by atoms with van der Waals surface area (Å²) < 4.78 is 0. The first kappa shape index (κ1) is 7.30. The van der Waals surface area contributed by atoms with Crippen molar-refractivity contribution in [2.45, 2.75) is 18.9 Å². The average molecular weight is 115 g/mol. The quantitative estimate of drug-likeness (QED) is 0.502. The molecule has 3 heteroatoms. The van der Waals surface area contributed by atoms with Crippen molar-refractivity contribution in [3.63, 3.8) is 0 Å². The van der Waals surface area contributed by atoms with E-state index in [9.17, 15) is 9.59 Å². The Morgan fingerprint density at radius 1 is 1.50 bits per heavy atom. The number of nitrogens with two attached hydrogens (primary N) is 1. The minimum Gasteiger partial charge on any atom is -0.322 e. The molecule has 0 saturated heterocycles. The van der Waals surface area contributed by atoms with Crippen LogP contribution in [0.25, 0.3) is 0 Å². The minimum absolute atomic E-state index is 0.375. The lowest BCUT2D eigenvalue weighted by atomic mass is 10.2. The zero-order valence-corrected chi connectivity index (χ0v) is 4.54. The maximum atomic E-state index is 9.77. The maximum Gasteiger partial charge on any atom is 0.136 e. The van der Waals surface area contributed by atoms with Gasteiger partial charge in [-0.15, -0.1) is 0 Å². The molecule has 0 aromatic heterocycles. The van der Waals surface area contributed by atoms with Crippen molar-refractivity contribution in [1.29, 1.82) is 0 Å². The fourth-order valence-corrected chi connectivity index (χ4v) is 0.329. The van der Waals surface area contributed by atoms with Crippen molar-refractivity contribution < 1.29 is 9.59 Å². The standard InChI is InChI=1S/C5H9NO2/c6-5(4-8)2-1-3-7/h3-5H,1-2,6H2/t5-/m0/s1. The first-order valence-corrected chi connectivity index (χ1v) is 2.45. The Hall–Kier alpha value is -0.700. The van der Waals surface area contributed by atoms with E-state index in [0.29, 0.717) is 19.1 Å². The lowest BCUT2D eigenvalue weighted by Gasteiger charge is -1.95. The fourth-order valence-electron chi connectivity index (χ4n) is 0.329. The van der Waals surface area contributed by atoms with Crippen LogP contribution in [0.4, 0.5) is 0 Å². The van der Waals surface area contributed by atoms with Crippen molar-refractivity contribution in [2.24, 2.45) is 5.73 Å². The summed E-state index contributed by atoms with van der Waals surface area (Å²) in [5.74, 6) is 0. The van der Waals surface area contributed by atoms with Gasteiger partial charge in [-0.3, -0.25) is 0 Å². The van der Waals surface area contributed by atoms with Gasteiger partial charge in [0.25, 0.3) is 0 Å². The third kappa shape index (κ3) is 3.49. The number of aldehydes is 2. The number of rotatable bonds is 4. The summed E-state index contributed by atoms with van der Waals surface area (Å²) >= 11 is 0. The zero-order chi connectivity index (χ0) is 6.41. The van der Waals surface area contributed by atoms with Crippen LogP contribution in [0.3, 0.4) is 0 Å². The summed E-state index contributed by atoms with van der Waals surface area (Å²) in [5.41, 5.74) is 5.13. The molecule has 0 saturated carbocycles. The highest BCUT2D eigenvalue weighted by Crippen LogP contribution is 1.85. The SMILES string of the molecule is N[C@H](C=O)CCC=O. The van der Waals surface area contributed by atoms with Gasteiger partial charge in [0.2, 0.25) is 0 Å². The highest BCUT2D eigenvalue weighted by Gasteiger charge is 1.95. The molecule has 46 valence electrons. The van der Waals surface area contributed by atoms with E-state index < -0.39 is 6.04 Å². The van der Waals surface area contributed by atoms with E-state index >= 15 is 0 Å². The summed E-state index contributed by atoms with van der Waals surface area (Å²) in [7, 11) is 0. The first-order valence-electron chi connectivity index (χ1n) is 2.45. The zero-order valence-electron chi connectivity index (χ0n) is 4.54. The topological polar surface area (TPSA) is 60.2 Å². The van der Waals surface area contributed by atoms with Gasteiger partial charge in [-0.05, 0) is 6.42 Å². The van der Waals surface area contributed by atoms with Crippen LogP contribution < -0.4 is 5.73 Å². The number of hydrogen-bond donors (Lipinski definition) is 1. The Morgan fingerprint density at radius 3 is 2.50 bits per heavy atom. The predicted octanol–water partition coefficient (Wildman–Crippen LogP) is -0.508. The molecule has 0 aliphatic heterocycles. The molecule has 0 aromatic carbocycles. The minimum atomic E-state index is -0.458. The van der Waals surface area contributed by atoms with E-state index in [2.05, 4.69) is 0 Å². The molecule has 0 amide bonds. The van der Waals surface area contributed by atoms with E-state index in [1.54, 1.807) is 0 Å². The molecule has 3 nitrogen and oxygen atoms in total.